The Kier molecular flexibility index (Phi) is 34.5. The van der Waals surface area contributed by atoms with E-state index in [4.69, 9.17) is 39.6 Å². The minimum atomic E-state index is -1.73. The van der Waals surface area contributed by atoms with Crippen molar-refractivity contribution in [1.82, 2.24) is 0 Å². The summed E-state index contributed by atoms with van der Waals surface area (Å²) in [5, 5.41) is 39.5. The molecule has 144 heavy (non-hydrogen) atoms. The first-order valence-corrected chi connectivity index (χ1v) is 66.0. The van der Waals surface area contributed by atoms with Crippen molar-refractivity contribution in [3.8, 4) is 76.4 Å². The van der Waals surface area contributed by atoms with Crippen molar-refractivity contribution in [2.45, 2.75) is 384 Å². The number of halogens is 1. The van der Waals surface area contributed by atoms with Gasteiger partial charge in [-0.1, -0.05) is 248 Å². The second-order valence-electron chi connectivity index (χ2n) is 52.5. The molecule has 0 aromatic rings. The molecular formula is C122H176IN3O14Si4. The fourth-order valence-electron chi connectivity index (χ4n) is 30.9. The third-order valence-electron chi connectivity index (χ3n) is 37.9. The summed E-state index contributed by atoms with van der Waals surface area (Å²) in [4.78, 5) is 75.8. The predicted octanol–water partition coefficient (Wildman–Crippen LogP) is 27.0. The Hall–Kier alpha value is -7.09. The first-order chi connectivity index (χ1) is 64.3. The molecular weight excluding hydrogens is 1970 g/mol. The lowest BCUT2D eigenvalue weighted by Gasteiger charge is -2.64. The first-order valence-electron chi connectivity index (χ1n) is 52.0. The molecule has 15 aliphatic carbocycles. The van der Waals surface area contributed by atoms with Gasteiger partial charge in [-0.15, -0.1) is 52.6 Å². The fourth-order valence-corrected chi connectivity index (χ4v) is 33.3. The van der Waals surface area contributed by atoms with Gasteiger partial charge in [0.1, 0.15) is 62.0 Å². The molecule has 0 unspecified atom stereocenters. The highest BCUT2D eigenvalue weighted by Gasteiger charge is 2.71. The van der Waals surface area contributed by atoms with Crippen LogP contribution < -0.4 is 0 Å². The highest BCUT2D eigenvalue weighted by atomic mass is 127. The van der Waals surface area contributed by atoms with Crippen LogP contribution in [0, 0.1) is 203 Å². The van der Waals surface area contributed by atoms with E-state index in [-0.39, 0.29) is 178 Å². The third kappa shape index (κ3) is 20.3. The number of fused-ring (bicyclic) bond motifs is 15. The van der Waals surface area contributed by atoms with Gasteiger partial charge in [-0.2, -0.15) is 15.8 Å². The first kappa shape index (κ1) is 120. The molecule has 0 aromatic carbocycles. The highest BCUT2D eigenvalue weighted by molar-refractivity contribution is 14.0. The molecule has 0 amide bonds. The van der Waals surface area contributed by atoms with Gasteiger partial charge in [0.2, 0.25) is 0 Å². The van der Waals surface area contributed by atoms with E-state index < -0.39 is 82.3 Å². The number of carbonyl (C=O) groups is 6. The van der Waals surface area contributed by atoms with Crippen LogP contribution in [0.4, 0.5) is 0 Å². The lowest BCUT2D eigenvalue weighted by atomic mass is 9.43. The number of rotatable bonds is 1. The lowest BCUT2D eigenvalue weighted by molar-refractivity contribution is -0.284. The van der Waals surface area contributed by atoms with Crippen molar-refractivity contribution in [3.05, 3.63) is 105 Å². The molecule has 18 rings (SSSR count). The SMILES string of the molecule is C.C.C.C.C#C[C@]12CCCC=C1[C@@]1(C)CCC3(OCCO3)C(C)(C)[C@@H]1CC2.CC1(C)C(=O)CC[C@]2(C)C3=CC(=O)C(C#N)=C[C@]3(C#C[Si](C)(C)C)CC[C@@H]12.CC1(C)[C@@H]2CC[C@@]3(C#C[Si](C)(C)C)C=C(C#N)C(=O)C=C3[C@@]2(C)CCC12OCCO2.CC1(C)[C@@H]2CC[C@@]3(C#C[Si](C)(C)C)CCC(=O)C=C3[C@@]2(C)CCC12OCCO2.COC(=O)C1=C(O)C(C)(C)[C@@H]2CC[C@@]3(C#C[Si](C)(C)C)C=C(C#N)C(=O)C=C3[C@@]2(C)C1.I. The van der Waals surface area contributed by atoms with Crippen molar-refractivity contribution in [2.24, 2.45) is 111 Å². The summed E-state index contributed by atoms with van der Waals surface area (Å²) in [7, 11) is -5.13. The molecule has 18 aliphatic rings. The smallest absolute Gasteiger partial charge is 0.337 e. The minimum absolute atomic E-state index is 0. The Labute approximate surface area is 889 Å². The van der Waals surface area contributed by atoms with Gasteiger partial charge in [-0.25, -0.2) is 4.79 Å². The van der Waals surface area contributed by atoms with Crippen LogP contribution >= 0.6 is 24.0 Å². The van der Waals surface area contributed by atoms with Gasteiger partial charge in [0, 0.05) is 59.2 Å². The molecule has 12 fully saturated rings. The maximum atomic E-state index is 12.8. The Bertz CT molecular complexity index is 5880. The van der Waals surface area contributed by atoms with Gasteiger partial charge in [0.15, 0.2) is 40.5 Å². The summed E-state index contributed by atoms with van der Waals surface area (Å²) in [6, 6.07) is 6.23. The number of nitriles is 3. The number of aliphatic hydroxyl groups is 1. The van der Waals surface area contributed by atoms with Crippen molar-refractivity contribution < 1.29 is 67.0 Å². The minimum Gasteiger partial charge on any atom is -0.511 e. The van der Waals surface area contributed by atoms with Gasteiger partial charge < -0.3 is 38.3 Å². The molecule has 0 bridgehead atoms. The van der Waals surface area contributed by atoms with Crippen molar-refractivity contribution >= 4 is 91.2 Å². The normalized spacial score (nSPS) is 35.6. The third-order valence-corrected chi connectivity index (χ3v) is 41.4. The number of hydrogen-bond acceptors (Lipinski definition) is 17. The zero-order chi connectivity index (χ0) is 102. The second kappa shape index (κ2) is 41.2. The van der Waals surface area contributed by atoms with Gasteiger partial charge in [0.05, 0.1) is 96.1 Å². The monoisotopic (exact) mass is 2150 g/mol. The standard InChI is InChI=1S/C25H31NO4Si.C25H33NO3Si.C24H36O3Si.C23H29NO2Si.C21H30O2.4CH4.HI/c1-23(2)19-8-9-25(10-11-31(5,6)7)13-16(15-26)18(27)12-20(25)24(19,3)14-17(21(23)28)22(29)30-4;1-22(2)20-7-8-24(11-14-30(4,5)6)16-18(17-26)19(27)15-21(24)23(20,3)9-10-25(22)28-12-13-29-25;1-21(2)19-8-10-23(13-16-28(4,5)6)9-7-18(25)17-20(23)22(19,3)11-12-24(21)26-14-15-27-24;1-21(2)18-7-10-23(11-12-27(4,5)6)14-16(15-24)17(25)13-19(23)22(18,3)9-8-20(21)26;1-5-20-10-7-6-8-17(20)19(4)12-13-21(22-14-15-23-21)18(2,3)16(19)9-11-20;;;;;/h12-13,19,28H,8-9,14H2,1-7H3;15-16,20H,7-10,12-13H2,1-6H3;17,19H,7-12,14-15H2,1-6H3;13-14,18H,7-10H2,1-6H3;1,8,16H,6-7,9-15H2,2-4H3;4*1H4;1H/t19-,24-,25+;20-,23-,24+;19-,22-,23+;18-,22-,23+;16-,19-,20+;;;;;/m00000...../s1. The number of ketones is 5. The number of hydrogen-bond donors (Lipinski definition) is 1. The summed E-state index contributed by atoms with van der Waals surface area (Å²) in [5.41, 5.74) is 17.0. The van der Waals surface area contributed by atoms with E-state index in [0.29, 0.717) is 69.2 Å². The van der Waals surface area contributed by atoms with Crippen molar-refractivity contribution in [3.63, 3.8) is 0 Å². The Morgan fingerprint density at radius 1 is 0.396 bits per heavy atom. The number of nitrogens with zero attached hydrogens (tertiary/aromatic N) is 3. The van der Waals surface area contributed by atoms with Gasteiger partial charge in [0.25, 0.3) is 0 Å². The molecule has 17 nitrogen and oxygen atoms in total. The van der Waals surface area contributed by atoms with Crippen molar-refractivity contribution in [1.29, 1.82) is 15.8 Å². The maximum Gasteiger partial charge on any atom is 0.337 e. The average Bonchev–Trinajstić information content (AvgIpc) is 1.13. The summed E-state index contributed by atoms with van der Waals surface area (Å²) >= 11 is 0. The maximum absolute atomic E-state index is 12.8. The van der Waals surface area contributed by atoms with E-state index in [1.807, 2.05) is 38.1 Å². The van der Waals surface area contributed by atoms with Gasteiger partial charge in [-0.05, 0) is 249 Å². The molecule has 3 aliphatic heterocycles. The molecule has 22 heteroatoms. The fraction of sp³-hybridized carbons (Fsp3) is 0.697. The predicted molar refractivity (Wildman–Crippen MR) is 598 cm³/mol. The number of aliphatic hydroxyl groups excluding tert-OH is 1. The second-order valence-corrected chi connectivity index (χ2v) is 71.5. The molecule has 3 saturated heterocycles. The summed E-state index contributed by atoms with van der Waals surface area (Å²) in [5.74, 6) is 17.2. The molecule has 9 saturated carbocycles. The summed E-state index contributed by atoms with van der Waals surface area (Å²) in [6.07, 6.45) is 42.9. The van der Waals surface area contributed by atoms with Crippen LogP contribution in [-0.2, 0) is 61.9 Å². The zero-order valence-electron chi connectivity index (χ0n) is 89.8. The average molecular weight is 2150 g/mol. The number of Topliss-reactive ketones (excluding diaryl/α,β-unsaturated/α-hetero) is 1. The Balaban J connectivity index is 0.000000199. The number of ether oxygens (including phenoxy) is 7. The number of carbonyl (C=O) groups excluding carboxylic acids is 6. The van der Waals surface area contributed by atoms with E-state index in [2.05, 4.69) is 239 Å². The van der Waals surface area contributed by atoms with Gasteiger partial charge in [-0.3, -0.25) is 24.0 Å². The van der Waals surface area contributed by atoms with Crippen molar-refractivity contribution in [2.75, 3.05) is 46.8 Å². The Morgan fingerprint density at radius 3 is 1.08 bits per heavy atom. The number of allylic oxidation sites excluding steroid dienone is 17. The topological polar surface area (TPSA) is 259 Å². The van der Waals surface area contributed by atoms with Crippen LogP contribution in [0.3, 0.4) is 0 Å². The molecule has 15 atom stereocenters. The van der Waals surface area contributed by atoms with E-state index in [1.54, 1.807) is 29.9 Å². The highest BCUT2D eigenvalue weighted by Crippen LogP contribution is 2.75. The van der Waals surface area contributed by atoms with E-state index >= 15 is 0 Å². The summed E-state index contributed by atoms with van der Waals surface area (Å²) in [6.45, 7) is 64.3. The quantitative estimate of drug-likeness (QED) is 0.0841. The van der Waals surface area contributed by atoms with Crippen LogP contribution in [0.25, 0.3) is 0 Å². The van der Waals surface area contributed by atoms with E-state index in [0.717, 1.165) is 133 Å². The molecule has 3 spiro atoms. The molecule has 3 heterocycles. The lowest BCUT2D eigenvalue weighted by Crippen LogP contribution is -2.62. The van der Waals surface area contributed by atoms with E-state index in [9.17, 15) is 49.7 Å². The number of methoxy groups -OCH3 is 1. The van der Waals surface area contributed by atoms with Crippen LogP contribution in [0.15, 0.2) is 105 Å². The zero-order valence-corrected chi connectivity index (χ0v) is 96.1. The summed E-state index contributed by atoms with van der Waals surface area (Å²) < 4.78 is 42.3. The number of terminal acetylenes is 1. The molecule has 1 N–H and O–H groups in total. The molecule has 786 valence electrons. The largest absolute Gasteiger partial charge is 0.511 e. The molecule has 0 radical (unpaired) electrons. The van der Waals surface area contributed by atoms with Crippen LogP contribution in [-0.4, -0.2) is 136 Å². The Morgan fingerprint density at radius 2 is 0.722 bits per heavy atom. The number of esters is 1. The van der Waals surface area contributed by atoms with E-state index in [1.165, 1.54) is 38.4 Å². The molecule has 0 aromatic heterocycles. The van der Waals surface area contributed by atoms with Crippen LogP contribution in [0.1, 0.15) is 288 Å². The van der Waals surface area contributed by atoms with Crippen LogP contribution in [0.5, 0.6) is 0 Å². The van der Waals surface area contributed by atoms with Crippen LogP contribution in [0.2, 0.25) is 78.6 Å². The van der Waals surface area contributed by atoms with Gasteiger partial charge >= 0.3 is 5.97 Å².